The molecule has 2 fully saturated rings. The summed E-state index contributed by atoms with van der Waals surface area (Å²) in [5.41, 5.74) is -0.814. The number of aromatic nitrogens is 1. The van der Waals surface area contributed by atoms with Crippen molar-refractivity contribution < 1.29 is 22.7 Å². The Morgan fingerprint density at radius 3 is 2.86 bits per heavy atom. The summed E-state index contributed by atoms with van der Waals surface area (Å²) in [7, 11) is 0. The molecule has 2 aliphatic rings. The van der Waals surface area contributed by atoms with E-state index in [1.165, 1.54) is 6.07 Å². The van der Waals surface area contributed by atoms with Crippen LogP contribution in [0.5, 0.6) is 5.88 Å². The van der Waals surface area contributed by atoms with Gasteiger partial charge in [0.25, 0.3) is 0 Å². The van der Waals surface area contributed by atoms with Gasteiger partial charge in [0.1, 0.15) is 0 Å². The second-order valence-corrected chi connectivity index (χ2v) is 5.42. The predicted octanol–water partition coefficient (Wildman–Crippen LogP) is 1.79. The van der Waals surface area contributed by atoms with Gasteiger partial charge in [-0.1, -0.05) is 0 Å². The van der Waals surface area contributed by atoms with Crippen LogP contribution in [0.4, 0.5) is 13.2 Å². The Bertz CT molecular complexity index is 547. The minimum atomic E-state index is -4.42. The first-order valence-corrected chi connectivity index (χ1v) is 7.18. The Morgan fingerprint density at radius 2 is 2.18 bits per heavy atom. The average molecular weight is 315 g/mol. The first-order valence-electron chi connectivity index (χ1n) is 7.18. The second-order valence-electron chi connectivity index (χ2n) is 5.42. The SMILES string of the molecule is O=C1CCNC(Oc2ccc(C(F)(F)F)cn2)C2CCCN12. The molecular weight excluding hydrogens is 299 g/mol. The third kappa shape index (κ3) is 3.01. The fourth-order valence-electron chi connectivity index (χ4n) is 2.89. The number of hydrogen-bond acceptors (Lipinski definition) is 4. The van der Waals surface area contributed by atoms with E-state index in [2.05, 4.69) is 10.3 Å². The molecule has 0 bridgehead atoms. The zero-order valence-electron chi connectivity index (χ0n) is 11.8. The monoisotopic (exact) mass is 315 g/mol. The third-order valence-corrected chi connectivity index (χ3v) is 3.96. The lowest BCUT2D eigenvalue weighted by molar-refractivity contribution is -0.138. The van der Waals surface area contributed by atoms with Crippen LogP contribution in [0, 0.1) is 0 Å². The van der Waals surface area contributed by atoms with Gasteiger partial charge in [-0.05, 0) is 18.9 Å². The highest BCUT2D eigenvalue weighted by Gasteiger charge is 2.38. The molecule has 1 aromatic heterocycles. The topological polar surface area (TPSA) is 54.5 Å². The van der Waals surface area contributed by atoms with Crippen molar-refractivity contribution >= 4 is 5.91 Å². The fraction of sp³-hybridized carbons (Fsp3) is 0.571. The van der Waals surface area contributed by atoms with E-state index >= 15 is 0 Å². The van der Waals surface area contributed by atoms with Crippen molar-refractivity contribution in [2.24, 2.45) is 0 Å². The summed E-state index contributed by atoms with van der Waals surface area (Å²) in [6.45, 7) is 1.18. The lowest BCUT2D eigenvalue weighted by Crippen LogP contribution is -2.48. The van der Waals surface area contributed by atoms with Crippen molar-refractivity contribution in [1.82, 2.24) is 15.2 Å². The maximum Gasteiger partial charge on any atom is 0.417 e. The lowest BCUT2D eigenvalue weighted by atomic mass is 10.2. The summed E-state index contributed by atoms with van der Waals surface area (Å²) < 4.78 is 43.2. The number of rotatable bonds is 2. The van der Waals surface area contributed by atoms with Crippen molar-refractivity contribution in [3.63, 3.8) is 0 Å². The molecule has 0 radical (unpaired) electrons. The number of carbonyl (C=O) groups is 1. The molecule has 3 heterocycles. The lowest BCUT2D eigenvalue weighted by Gasteiger charge is -2.29. The molecule has 2 atom stereocenters. The summed E-state index contributed by atoms with van der Waals surface area (Å²) in [6.07, 6.45) is -2.00. The summed E-state index contributed by atoms with van der Waals surface area (Å²) in [5, 5.41) is 3.13. The number of pyridine rings is 1. The van der Waals surface area contributed by atoms with E-state index in [9.17, 15) is 18.0 Å². The maximum absolute atomic E-state index is 12.5. The molecule has 2 aliphatic heterocycles. The van der Waals surface area contributed by atoms with Crippen LogP contribution in [0.1, 0.15) is 24.8 Å². The Hall–Kier alpha value is -1.83. The number of carbonyl (C=O) groups excluding carboxylic acids is 1. The standard InChI is InChI=1S/C14H16F3N3O2/c15-14(16,17)9-3-4-11(19-8-9)22-13-10-2-1-7-20(10)12(21)5-6-18-13/h3-4,8,10,13,18H,1-2,5-7H2. The van der Waals surface area contributed by atoms with E-state index in [1.807, 2.05) is 0 Å². The minimum absolute atomic E-state index is 0.0847. The normalized spacial score (nSPS) is 25.8. The molecule has 3 rings (SSSR count). The van der Waals surface area contributed by atoms with Gasteiger partial charge in [0, 0.05) is 31.8 Å². The van der Waals surface area contributed by atoms with E-state index in [1.54, 1.807) is 4.90 Å². The molecule has 0 saturated carbocycles. The Labute approximate surface area is 125 Å². The van der Waals surface area contributed by atoms with E-state index < -0.39 is 18.0 Å². The molecule has 22 heavy (non-hydrogen) atoms. The first kappa shape index (κ1) is 15.1. The molecule has 120 valence electrons. The van der Waals surface area contributed by atoms with Gasteiger partial charge in [0.15, 0.2) is 6.23 Å². The van der Waals surface area contributed by atoms with Gasteiger partial charge in [-0.2, -0.15) is 13.2 Å². The number of nitrogens with one attached hydrogen (secondary N) is 1. The molecule has 0 aromatic carbocycles. The zero-order chi connectivity index (χ0) is 15.7. The van der Waals surface area contributed by atoms with Crippen molar-refractivity contribution in [1.29, 1.82) is 0 Å². The highest BCUT2D eigenvalue weighted by atomic mass is 19.4. The minimum Gasteiger partial charge on any atom is -0.456 e. The van der Waals surface area contributed by atoms with Gasteiger partial charge >= 0.3 is 6.18 Å². The summed E-state index contributed by atoms with van der Waals surface area (Å²) in [4.78, 5) is 17.4. The molecule has 2 unspecified atom stereocenters. The van der Waals surface area contributed by atoms with Crippen LogP contribution in [0.25, 0.3) is 0 Å². The van der Waals surface area contributed by atoms with Crippen LogP contribution < -0.4 is 10.1 Å². The number of amides is 1. The van der Waals surface area contributed by atoms with E-state index in [-0.39, 0.29) is 17.8 Å². The first-order chi connectivity index (χ1) is 10.4. The number of halogens is 3. The number of fused-ring (bicyclic) bond motifs is 1. The quantitative estimate of drug-likeness (QED) is 0.904. The molecule has 5 nitrogen and oxygen atoms in total. The van der Waals surface area contributed by atoms with Crippen molar-refractivity contribution in [3.05, 3.63) is 23.9 Å². The Balaban J connectivity index is 1.73. The van der Waals surface area contributed by atoms with Crippen molar-refractivity contribution in [2.75, 3.05) is 13.1 Å². The fourth-order valence-corrected chi connectivity index (χ4v) is 2.89. The summed E-state index contributed by atoms with van der Waals surface area (Å²) in [6, 6.07) is 2.05. The molecule has 2 saturated heterocycles. The van der Waals surface area contributed by atoms with Crippen molar-refractivity contribution in [2.45, 2.75) is 37.7 Å². The van der Waals surface area contributed by atoms with Crippen LogP contribution in [0.15, 0.2) is 18.3 Å². The maximum atomic E-state index is 12.5. The highest BCUT2D eigenvalue weighted by molar-refractivity contribution is 5.77. The van der Waals surface area contributed by atoms with E-state index in [0.717, 1.165) is 25.1 Å². The van der Waals surface area contributed by atoms with Crippen LogP contribution >= 0.6 is 0 Å². The number of hydrogen-bond donors (Lipinski definition) is 1. The van der Waals surface area contributed by atoms with Gasteiger partial charge < -0.3 is 9.64 Å². The second kappa shape index (κ2) is 5.75. The molecule has 1 N–H and O–H groups in total. The molecule has 0 spiro atoms. The molecular formula is C14H16F3N3O2. The summed E-state index contributed by atoms with van der Waals surface area (Å²) in [5.74, 6) is 0.202. The van der Waals surface area contributed by atoms with Crippen LogP contribution in [0.3, 0.4) is 0 Å². The smallest absolute Gasteiger partial charge is 0.417 e. The molecule has 0 aliphatic carbocycles. The number of nitrogens with zero attached hydrogens (tertiary/aromatic N) is 2. The third-order valence-electron chi connectivity index (χ3n) is 3.96. The van der Waals surface area contributed by atoms with Gasteiger partial charge in [-0.15, -0.1) is 0 Å². The largest absolute Gasteiger partial charge is 0.456 e. The van der Waals surface area contributed by atoms with Gasteiger partial charge in [0.05, 0.1) is 11.6 Å². The Kier molecular flexibility index (Phi) is 3.94. The van der Waals surface area contributed by atoms with Gasteiger partial charge in [-0.25, -0.2) is 4.98 Å². The van der Waals surface area contributed by atoms with Crippen molar-refractivity contribution in [3.8, 4) is 5.88 Å². The Morgan fingerprint density at radius 1 is 1.36 bits per heavy atom. The number of alkyl halides is 3. The molecule has 1 aromatic rings. The zero-order valence-corrected chi connectivity index (χ0v) is 11.8. The van der Waals surface area contributed by atoms with Crippen LogP contribution in [-0.2, 0) is 11.0 Å². The molecule has 1 amide bonds. The van der Waals surface area contributed by atoms with E-state index in [0.29, 0.717) is 19.5 Å². The van der Waals surface area contributed by atoms with Gasteiger partial charge in [-0.3, -0.25) is 10.1 Å². The van der Waals surface area contributed by atoms with Gasteiger partial charge in [0.2, 0.25) is 11.8 Å². The van der Waals surface area contributed by atoms with E-state index in [4.69, 9.17) is 4.74 Å². The predicted molar refractivity (Wildman–Crippen MR) is 71.0 cm³/mol. The van der Waals surface area contributed by atoms with Crippen LogP contribution in [0.2, 0.25) is 0 Å². The number of ether oxygens (including phenoxy) is 1. The average Bonchev–Trinajstić information content (AvgIpc) is 2.90. The molecule has 8 heteroatoms. The highest BCUT2D eigenvalue weighted by Crippen LogP contribution is 2.30. The summed E-state index contributed by atoms with van der Waals surface area (Å²) >= 11 is 0. The van der Waals surface area contributed by atoms with Crippen LogP contribution in [-0.4, -0.2) is 41.2 Å².